The minimum atomic E-state index is 0.841. The molecule has 67 valence electrons. The number of rotatable bonds is 1. The molecule has 0 spiro atoms. The number of nitrogens with one attached hydrogen (secondary N) is 2. The molecule has 0 saturated heterocycles. The minimum absolute atomic E-state index is 0.841. The van der Waals surface area contributed by atoms with Crippen molar-refractivity contribution in [3.8, 4) is 11.4 Å². The van der Waals surface area contributed by atoms with Crippen LogP contribution < -0.4 is 0 Å². The number of imidazole rings is 1. The first-order valence-corrected chi connectivity index (χ1v) is 4.30. The Balaban J connectivity index is 2.36. The molecule has 4 nitrogen and oxygen atoms in total. The number of hydrogen-bond donors (Lipinski definition) is 2. The highest BCUT2D eigenvalue weighted by molar-refractivity contribution is 5.91. The number of aromatic nitrogens is 4. The Morgan fingerprint density at radius 3 is 3.14 bits per heavy atom. The van der Waals surface area contributed by atoms with Crippen molar-refractivity contribution >= 4 is 10.9 Å². The van der Waals surface area contributed by atoms with Gasteiger partial charge in [-0.3, -0.25) is 5.10 Å². The lowest BCUT2D eigenvalue weighted by molar-refractivity contribution is 1.11. The van der Waals surface area contributed by atoms with E-state index >= 15 is 0 Å². The molecule has 0 amide bonds. The maximum Gasteiger partial charge on any atom is 0.138 e. The lowest BCUT2D eigenvalue weighted by atomic mass is 10.1. The van der Waals surface area contributed by atoms with Crippen LogP contribution in [0.5, 0.6) is 0 Å². The lowest BCUT2D eigenvalue weighted by Crippen LogP contribution is -1.80. The Morgan fingerprint density at radius 1 is 1.29 bits per heavy atom. The molecular formula is C10H7N4. The third-order valence-electron chi connectivity index (χ3n) is 2.16. The van der Waals surface area contributed by atoms with Gasteiger partial charge in [-0.05, 0) is 6.07 Å². The largest absolute Gasteiger partial charge is 0.345 e. The van der Waals surface area contributed by atoms with E-state index in [0.717, 1.165) is 22.3 Å². The highest BCUT2D eigenvalue weighted by atomic mass is 15.1. The second kappa shape index (κ2) is 2.70. The summed E-state index contributed by atoms with van der Waals surface area (Å²) in [5.41, 5.74) is 1.99. The Hall–Kier alpha value is -2.10. The highest BCUT2D eigenvalue weighted by Gasteiger charge is 2.06. The van der Waals surface area contributed by atoms with E-state index in [-0.39, 0.29) is 0 Å². The van der Waals surface area contributed by atoms with Gasteiger partial charge < -0.3 is 4.98 Å². The molecule has 0 aliphatic heterocycles. The Bertz CT molecular complexity index is 550. The van der Waals surface area contributed by atoms with Gasteiger partial charge in [0.1, 0.15) is 12.0 Å². The van der Waals surface area contributed by atoms with Gasteiger partial charge in [-0.2, -0.15) is 5.10 Å². The second-order valence-electron chi connectivity index (χ2n) is 3.00. The highest BCUT2D eigenvalue weighted by Crippen LogP contribution is 2.23. The summed E-state index contributed by atoms with van der Waals surface area (Å²) in [6.45, 7) is 0. The summed E-state index contributed by atoms with van der Waals surface area (Å²) in [4.78, 5) is 7.26. The first kappa shape index (κ1) is 7.32. The molecule has 2 N–H and O–H groups in total. The van der Waals surface area contributed by atoms with E-state index in [2.05, 4.69) is 26.4 Å². The fourth-order valence-corrected chi connectivity index (χ4v) is 1.52. The van der Waals surface area contributed by atoms with Crippen molar-refractivity contribution in [2.45, 2.75) is 0 Å². The monoisotopic (exact) mass is 183 g/mol. The van der Waals surface area contributed by atoms with E-state index in [9.17, 15) is 0 Å². The maximum atomic E-state index is 4.20. The zero-order valence-corrected chi connectivity index (χ0v) is 7.28. The van der Waals surface area contributed by atoms with Gasteiger partial charge in [0.25, 0.3) is 0 Å². The maximum absolute atomic E-state index is 4.20. The van der Waals surface area contributed by atoms with Crippen molar-refractivity contribution in [1.29, 1.82) is 0 Å². The smallest absolute Gasteiger partial charge is 0.138 e. The molecule has 1 radical (unpaired) electrons. The zero-order chi connectivity index (χ0) is 9.38. The van der Waals surface area contributed by atoms with E-state index in [0.29, 0.717) is 0 Å². The summed E-state index contributed by atoms with van der Waals surface area (Å²) in [6.07, 6.45) is 6.44. The van der Waals surface area contributed by atoms with Crippen molar-refractivity contribution in [3.05, 3.63) is 36.8 Å². The molecule has 0 fully saturated rings. The van der Waals surface area contributed by atoms with E-state index in [1.54, 1.807) is 12.4 Å². The van der Waals surface area contributed by atoms with Gasteiger partial charge in [0, 0.05) is 23.3 Å². The van der Waals surface area contributed by atoms with E-state index in [1.165, 1.54) is 0 Å². The van der Waals surface area contributed by atoms with E-state index in [1.807, 2.05) is 18.2 Å². The summed E-state index contributed by atoms with van der Waals surface area (Å²) < 4.78 is 0. The van der Waals surface area contributed by atoms with Crippen LogP contribution in [0.15, 0.2) is 30.6 Å². The predicted octanol–water partition coefficient (Wildman–Crippen LogP) is 1.75. The standard InChI is InChI=1S/C10H7N4/c1-2-7(10-11-4-5-12-10)8-6-13-14-9(8)3-1/h1-5H,(H,11,12)(H,13,14). The molecule has 2 aromatic heterocycles. The summed E-state index contributed by atoms with van der Waals surface area (Å²) >= 11 is 0. The van der Waals surface area contributed by atoms with Crippen LogP contribution in [0.3, 0.4) is 0 Å². The fraction of sp³-hybridized carbons (Fsp3) is 0. The third-order valence-corrected chi connectivity index (χ3v) is 2.16. The van der Waals surface area contributed by atoms with Crippen LogP contribution >= 0.6 is 0 Å². The number of aromatic amines is 2. The van der Waals surface area contributed by atoms with Gasteiger partial charge >= 0.3 is 0 Å². The molecule has 14 heavy (non-hydrogen) atoms. The molecule has 0 aliphatic rings. The van der Waals surface area contributed by atoms with Crippen molar-refractivity contribution < 1.29 is 0 Å². The van der Waals surface area contributed by atoms with Gasteiger partial charge in [-0.15, -0.1) is 0 Å². The number of fused-ring (bicyclic) bond motifs is 1. The molecule has 0 aliphatic carbocycles. The zero-order valence-electron chi connectivity index (χ0n) is 7.28. The predicted molar refractivity (Wildman–Crippen MR) is 52.5 cm³/mol. The average molecular weight is 183 g/mol. The van der Waals surface area contributed by atoms with E-state index in [4.69, 9.17) is 0 Å². The summed E-state index contributed by atoms with van der Waals surface area (Å²) in [6, 6.07) is 5.92. The molecule has 3 aromatic rings. The van der Waals surface area contributed by atoms with Crippen LogP contribution in [0.25, 0.3) is 22.3 Å². The van der Waals surface area contributed by atoms with Crippen molar-refractivity contribution in [2.24, 2.45) is 0 Å². The summed E-state index contributed by atoms with van der Waals surface area (Å²) in [5, 5.41) is 7.72. The average Bonchev–Trinajstić information content (AvgIpc) is 2.88. The molecular weight excluding hydrogens is 176 g/mol. The van der Waals surface area contributed by atoms with Crippen molar-refractivity contribution in [2.75, 3.05) is 0 Å². The Labute approximate surface area is 80.0 Å². The van der Waals surface area contributed by atoms with Crippen LogP contribution in [0.1, 0.15) is 0 Å². The van der Waals surface area contributed by atoms with Crippen LogP contribution in [0.4, 0.5) is 0 Å². The quantitative estimate of drug-likeness (QED) is 0.603. The van der Waals surface area contributed by atoms with Crippen LogP contribution in [-0.2, 0) is 0 Å². The summed E-state index contributed by atoms with van der Waals surface area (Å²) in [5.74, 6) is 0.841. The van der Waals surface area contributed by atoms with Crippen LogP contribution in [0.2, 0.25) is 0 Å². The summed E-state index contributed by atoms with van der Waals surface area (Å²) in [7, 11) is 0. The number of nitrogens with zero attached hydrogens (tertiary/aromatic N) is 2. The molecule has 0 saturated carbocycles. The Morgan fingerprint density at radius 2 is 2.29 bits per heavy atom. The minimum Gasteiger partial charge on any atom is -0.345 e. The molecule has 3 rings (SSSR count). The van der Waals surface area contributed by atoms with E-state index < -0.39 is 0 Å². The third kappa shape index (κ3) is 0.939. The van der Waals surface area contributed by atoms with Gasteiger partial charge in [-0.25, -0.2) is 4.98 Å². The van der Waals surface area contributed by atoms with Gasteiger partial charge in [0.15, 0.2) is 0 Å². The van der Waals surface area contributed by atoms with Crippen molar-refractivity contribution in [3.63, 3.8) is 0 Å². The van der Waals surface area contributed by atoms with Gasteiger partial charge in [0.2, 0.25) is 0 Å². The first-order valence-electron chi connectivity index (χ1n) is 4.30. The van der Waals surface area contributed by atoms with Crippen LogP contribution in [-0.4, -0.2) is 20.2 Å². The molecule has 0 unspecified atom stereocenters. The molecule has 1 aromatic carbocycles. The van der Waals surface area contributed by atoms with Gasteiger partial charge in [0.05, 0.1) is 5.52 Å². The fourth-order valence-electron chi connectivity index (χ4n) is 1.52. The Kier molecular flexibility index (Phi) is 1.41. The van der Waals surface area contributed by atoms with Gasteiger partial charge in [-0.1, -0.05) is 12.1 Å². The number of benzene rings is 1. The van der Waals surface area contributed by atoms with Crippen LogP contribution in [0, 0.1) is 6.20 Å². The van der Waals surface area contributed by atoms with Crippen molar-refractivity contribution in [1.82, 2.24) is 20.2 Å². The molecule has 0 bridgehead atoms. The second-order valence-corrected chi connectivity index (χ2v) is 3.00. The SMILES string of the molecule is [c]1n[nH]c2cccc(-c3ncc[nH]3)c12. The topological polar surface area (TPSA) is 57.4 Å². The number of H-pyrrole nitrogens is 2. The normalized spacial score (nSPS) is 10.9. The molecule has 0 atom stereocenters. The number of hydrogen-bond acceptors (Lipinski definition) is 2. The molecule has 2 heterocycles. The lowest BCUT2D eigenvalue weighted by Gasteiger charge is -1.97. The first-order chi connectivity index (χ1) is 6.95. The molecule has 4 heteroatoms.